The summed E-state index contributed by atoms with van der Waals surface area (Å²) in [5.41, 5.74) is -0.460. The highest BCUT2D eigenvalue weighted by Gasteiger charge is 2.31. The highest BCUT2D eigenvalue weighted by molar-refractivity contribution is 5.78. The van der Waals surface area contributed by atoms with E-state index in [-0.39, 0.29) is 17.9 Å². The fourth-order valence-electron chi connectivity index (χ4n) is 1.36. The Hall–Kier alpha value is -1.75. The molecular formula is C11H15NO4. The molecule has 0 saturated carbocycles. The fraction of sp³-hybridized carbons (Fsp3) is 0.364. The zero-order chi connectivity index (χ0) is 12.3. The van der Waals surface area contributed by atoms with Crippen LogP contribution in [0.5, 0.6) is 11.5 Å². The van der Waals surface area contributed by atoms with Gasteiger partial charge < -0.3 is 20.6 Å². The van der Waals surface area contributed by atoms with Crippen molar-refractivity contribution < 1.29 is 20.1 Å². The Labute approximate surface area is 93.4 Å². The lowest BCUT2D eigenvalue weighted by atomic mass is 9.93. The van der Waals surface area contributed by atoms with Crippen molar-refractivity contribution in [3.63, 3.8) is 0 Å². The molecule has 16 heavy (non-hydrogen) atoms. The maximum atomic E-state index is 11.0. The number of aliphatic carboxylic acids is 1. The molecule has 4 N–H and O–H groups in total. The number of phenolic OH excluding ortho intramolecular Hbond substituents is 2. The molecule has 5 heteroatoms. The molecule has 0 amide bonds. The van der Waals surface area contributed by atoms with E-state index in [1.54, 1.807) is 20.0 Å². The predicted octanol–water partition coefficient (Wildman–Crippen LogP) is 0.703. The molecule has 1 aromatic rings. The Morgan fingerprint density at radius 1 is 1.38 bits per heavy atom. The molecule has 0 spiro atoms. The second-order valence-corrected chi connectivity index (χ2v) is 3.89. The average molecular weight is 225 g/mol. The first-order chi connectivity index (χ1) is 7.39. The molecule has 1 atom stereocenters. The molecule has 0 aliphatic carbocycles. The van der Waals surface area contributed by atoms with E-state index in [0.29, 0.717) is 5.56 Å². The SMILES string of the molecule is CNC(C)(Cc1ccc(O)c(O)c1)C(=O)O. The number of nitrogens with one attached hydrogen (secondary N) is 1. The number of hydrogen-bond acceptors (Lipinski definition) is 4. The summed E-state index contributed by atoms with van der Waals surface area (Å²) in [6.07, 6.45) is 0.215. The number of likely N-dealkylation sites (N-methyl/N-ethyl adjacent to an activating group) is 1. The largest absolute Gasteiger partial charge is 0.504 e. The third kappa shape index (κ3) is 2.43. The van der Waals surface area contributed by atoms with Crippen molar-refractivity contribution in [2.75, 3.05) is 7.05 Å². The van der Waals surface area contributed by atoms with Crippen molar-refractivity contribution in [3.8, 4) is 11.5 Å². The van der Waals surface area contributed by atoms with Gasteiger partial charge in [0.25, 0.3) is 0 Å². The summed E-state index contributed by atoms with van der Waals surface area (Å²) in [7, 11) is 1.56. The number of carbonyl (C=O) groups is 1. The second kappa shape index (κ2) is 4.40. The van der Waals surface area contributed by atoms with Gasteiger partial charge in [0.1, 0.15) is 5.54 Å². The lowest BCUT2D eigenvalue weighted by molar-refractivity contribution is -0.143. The number of rotatable bonds is 4. The van der Waals surface area contributed by atoms with Crippen molar-refractivity contribution >= 4 is 5.97 Å². The molecule has 0 aromatic heterocycles. The Morgan fingerprint density at radius 3 is 2.44 bits per heavy atom. The third-order valence-corrected chi connectivity index (χ3v) is 2.62. The van der Waals surface area contributed by atoms with Gasteiger partial charge in [0.05, 0.1) is 0 Å². The van der Waals surface area contributed by atoms with E-state index in [1.807, 2.05) is 0 Å². The lowest BCUT2D eigenvalue weighted by Gasteiger charge is -2.24. The van der Waals surface area contributed by atoms with Gasteiger partial charge in [-0.25, -0.2) is 0 Å². The fourth-order valence-corrected chi connectivity index (χ4v) is 1.36. The minimum atomic E-state index is -1.09. The highest BCUT2D eigenvalue weighted by Crippen LogP contribution is 2.26. The molecule has 1 aromatic carbocycles. The molecule has 0 bridgehead atoms. The lowest BCUT2D eigenvalue weighted by Crippen LogP contribution is -2.49. The maximum Gasteiger partial charge on any atom is 0.323 e. The molecule has 0 aliphatic rings. The van der Waals surface area contributed by atoms with Crippen LogP contribution in [0.2, 0.25) is 0 Å². The van der Waals surface area contributed by atoms with Crippen LogP contribution in [-0.4, -0.2) is 33.9 Å². The molecule has 0 fully saturated rings. The van der Waals surface area contributed by atoms with Gasteiger partial charge in [0, 0.05) is 6.42 Å². The Balaban J connectivity index is 2.95. The Bertz CT molecular complexity index is 405. The summed E-state index contributed by atoms with van der Waals surface area (Å²) >= 11 is 0. The number of benzene rings is 1. The molecule has 1 unspecified atom stereocenters. The summed E-state index contributed by atoms with van der Waals surface area (Å²) in [6.45, 7) is 1.55. The Morgan fingerprint density at radius 2 is 2.00 bits per heavy atom. The standard InChI is InChI=1S/C11H15NO4/c1-11(12-2,10(15)16)6-7-3-4-8(13)9(14)5-7/h3-5,12-14H,6H2,1-2H3,(H,15,16). The van der Waals surface area contributed by atoms with Crippen LogP contribution in [0, 0.1) is 0 Å². The maximum absolute atomic E-state index is 11.0. The molecule has 0 heterocycles. The first-order valence-corrected chi connectivity index (χ1v) is 4.82. The molecule has 88 valence electrons. The summed E-state index contributed by atoms with van der Waals surface area (Å²) in [5, 5.41) is 30.2. The van der Waals surface area contributed by atoms with Gasteiger partial charge >= 0.3 is 5.97 Å². The number of carboxylic acids is 1. The molecule has 0 aliphatic heterocycles. The summed E-state index contributed by atoms with van der Waals surface area (Å²) in [6, 6.07) is 4.27. The minimum Gasteiger partial charge on any atom is -0.504 e. The zero-order valence-corrected chi connectivity index (χ0v) is 9.19. The topological polar surface area (TPSA) is 89.8 Å². The van der Waals surface area contributed by atoms with Crippen LogP contribution in [0.3, 0.4) is 0 Å². The molecule has 1 rings (SSSR count). The van der Waals surface area contributed by atoms with Crippen LogP contribution in [0.15, 0.2) is 18.2 Å². The molecule has 5 nitrogen and oxygen atoms in total. The van der Waals surface area contributed by atoms with Crippen molar-refractivity contribution in [1.82, 2.24) is 5.32 Å². The van der Waals surface area contributed by atoms with Crippen LogP contribution in [0.4, 0.5) is 0 Å². The van der Waals surface area contributed by atoms with Crippen LogP contribution >= 0.6 is 0 Å². The highest BCUT2D eigenvalue weighted by atomic mass is 16.4. The van der Waals surface area contributed by atoms with Crippen molar-refractivity contribution in [3.05, 3.63) is 23.8 Å². The summed E-state index contributed by atoms with van der Waals surface area (Å²) in [4.78, 5) is 11.0. The normalized spacial score (nSPS) is 14.4. The number of hydrogen-bond donors (Lipinski definition) is 4. The van der Waals surface area contributed by atoms with Crippen LogP contribution in [-0.2, 0) is 11.2 Å². The smallest absolute Gasteiger partial charge is 0.323 e. The van der Waals surface area contributed by atoms with Gasteiger partial charge in [0.15, 0.2) is 11.5 Å². The van der Waals surface area contributed by atoms with Gasteiger partial charge in [-0.05, 0) is 31.7 Å². The quantitative estimate of drug-likeness (QED) is 0.566. The monoisotopic (exact) mass is 225 g/mol. The third-order valence-electron chi connectivity index (χ3n) is 2.62. The number of aromatic hydroxyl groups is 2. The first-order valence-electron chi connectivity index (χ1n) is 4.82. The second-order valence-electron chi connectivity index (χ2n) is 3.89. The van der Waals surface area contributed by atoms with Gasteiger partial charge in [-0.15, -0.1) is 0 Å². The van der Waals surface area contributed by atoms with E-state index in [4.69, 9.17) is 10.2 Å². The number of carboxylic acid groups (broad SMARTS) is 1. The summed E-state index contributed by atoms with van der Waals surface area (Å²) < 4.78 is 0. The zero-order valence-electron chi connectivity index (χ0n) is 9.19. The van der Waals surface area contributed by atoms with E-state index in [0.717, 1.165) is 0 Å². The van der Waals surface area contributed by atoms with Crippen LogP contribution < -0.4 is 5.32 Å². The van der Waals surface area contributed by atoms with E-state index in [9.17, 15) is 9.90 Å². The van der Waals surface area contributed by atoms with Crippen LogP contribution in [0.1, 0.15) is 12.5 Å². The van der Waals surface area contributed by atoms with E-state index in [1.165, 1.54) is 12.1 Å². The average Bonchev–Trinajstić information content (AvgIpc) is 2.23. The van der Waals surface area contributed by atoms with Gasteiger partial charge in [-0.1, -0.05) is 6.07 Å². The first kappa shape index (κ1) is 12.3. The molecular weight excluding hydrogens is 210 g/mol. The van der Waals surface area contributed by atoms with Crippen molar-refractivity contribution in [2.45, 2.75) is 18.9 Å². The van der Waals surface area contributed by atoms with Gasteiger partial charge in [0.2, 0.25) is 0 Å². The van der Waals surface area contributed by atoms with Crippen molar-refractivity contribution in [2.24, 2.45) is 0 Å². The van der Waals surface area contributed by atoms with Gasteiger partial charge in [-0.3, -0.25) is 4.79 Å². The van der Waals surface area contributed by atoms with Crippen molar-refractivity contribution in [1.29, 1.82) is 0 Å². The number of phenols is 2. The van der Waals surface area contributed by atoms with E-state index >= 15 is 0 Å². The molecule has 0 saturated heterocycles. The van der Waals surface area contributed by atoms with E-state index < -0.39 is 11.5 Å². The molecule has 0 radical (unpaired) electrons. The van der Waals surface area contributed by atoms with E-state index in [2.05, 4.69) is 5.32 Å². The van der Waals surface area contributed by atoms with Crippen LogP contribution in [0.25, 0.3) is 0 Å². The minimum absolute atomic E-state index is 0.215. The van der Waals surface area contributed by atoms with Gasteiger partial charge in [-0.2, -0.15) is 0 Å². The Kier molecular flexibility index (Phi) is 3.39. The summed E-state index contributed by atoms with van der Waals surface area (Å²) in [5.74, 6) is -1.44. The predicted molar refractivity (Wildman–Crippen MR) is 58.6 cm³/mol.